The molecule has 2 nitrogen and oxygen atoms in total. The first-order valence-corrected chi connectivity index (χ1v) is 6.83. The number of hydrogen-bond acceptors (Lipinski definition) is 2. The van der Waals surface area contributed by atoms with Gasteiger partial charge in [-0.2, -0.15) is 0 Å². The molecule has 1 aliphatic carbocycles. The van der Waals surface area contributed by atoms with Gasteiger partial charge in [-0.25, -0.2) is 0 Å². The van der Waals surface area contributed by atoms with Crippen LogP contribution in [0, 0.1) is 13.8 Å². The van der Waals surface area contributed by atoms with Gasteiger partial charge in [-0.15, -0.1) is 0 Å². The third-order valence-corrected chi connectivity index (χ3v) is 3.81. The minimum Gasteiger partial charge on any atom is -0.493 e. The molecule has 0 aromatic carbocycles. The van der Waals surface area contributed by atoms with Gasteiger partial charge in [0.15, 0.2) is 0 Å². The van der Waals surface area contributed by atoms with Crippen molar-refractivity contribution in [1.82, 2.24) is 4.98 Å². The molecular weight excluding hydrogens is 210 g/mol. The lowest BCUT2D eigenvalue weighted by atomic mass is 9.86. The lowest BCUT2D eigenvalue weighted by Crippen LogP contribution is -2.09. The minimum absolute atomic E-state index is 0.655. The van der Waals surface area contributed by atoms with Gasteiger partial charge < -0.3 is 4.74 Å². The van der Waals surface area contributed by atoms with Crippen LogP contribution in [0.5, 0.6) is 5.75 Å². The molecule has 2 rings (SSSR count). The molecule has 1 aromatic heterocycles. The van der Waals surface area contributed by atoms with E-state index in [4.69, 9.17) is 9.72 Å². The lowest BCUT2D eigenvalue weighted by Gasteiger charge is -2.22. The van der Waals surface area contributed by atoms with Crippen molar-refractivity contribution in [3.05, 3.63) is 23.0 Å². The molecule has 1 fully saturated rings. The number of nitrogens with zero attached hydrogens (tertiary/aromatic N) is 1. The van der Waals surface area contributed by atoms with E-state index < -0.39 is 0 Å². The Morgan fingerprint density at radius 3 is 2.59 bits per heavy atom. The highest BCUT2D eigenvalue weighted by atomic mass is 16.5. The number of hydrogen-bond donors (Lipinski definition) is 0. The van der Waals surface area contributed by atoms with Crippen molar-refractivity contribution in [1.29, 1.82) is 0 Å². The van der Waals surface area contributed by atoms with Crippen molar-refractivity contribution in [3.8, 4) is 5.75 Å². The Kier molecular flexibility index (Phi) is 4.03. The summed E-state index contributed by atoms with van der Waals surface area (Å²) in [6.07, 6.45) is 6.67. The molecule has 1 aliphatic rings. The highest BCUT2D eigenvalue weighted by Crippen LogP contribution is 2.34. The summed E-state index contributed by atoms with van der Waals surface area (Å²) in [5.41, 5.74) is 3.55. The van der Waals surface area contributed by atoms with Crippen LogP contribution in [0.2, 0.25) is 0 Å². The summed E-state index contributed by atoms with van der Waals surface area (Å²) in [7, 11) is 0. The van der Waals surface area contributed by atoms with Crippen molar-refractivity contribution < 1.29 is 4.74 Å². The molecule has 0 spiro atoms. The van der Waals surface area contributed by atoms with Gasteiger partial charge in [-0.1, -0.05) is 19.3 Å². The topological polar surface area (TPSA) is 22.1 Å². The Morgan fingerprint density at radius 1 is 1.24 bits per heavy atom. The van der Waals surface area contributed by atoms with Gasteiger partial charge in [0, 0.05) is 28.9 Å². The molecule has 1 aromatic rings. The Hall–Kier alpha value is -1.05. The second-order valence-electron chi connectivity index (χ2n) is 5.02. The maximum absolute atomic E-state index is 5.71. The van der Waals surface area contributed by atoms with Gasteiger partial charge in [0.2, 0.25) is 0 Å². The van der Waals surface area contributed by atoms with Gasteiger partial charge in [0.1, 0.15) is 5.75 Å². The predicted molar refractivity (Wildman–Crippen MR) is 70.7 cm³/mol. The number of ether oxygens (including phenoxy) is 1. The van der Waals surface area contributed by atoms with E-state index in [9.17, 15) is 0 Å². The zero-order valence-electron chi connectivity index (χ0n) is 11.3. The summed E-state index contributed by atoms with van der Waals surface area (Å²) in [4.78, 5) is 4.76. The van der Waals surface area contributed by atoms with Crippen molar-refractivity contribution >= 4 is 0 Å². The van der Waals surface area contributed by atoms with Crippen molar-refractivity contribution in [3.63, 3.8) is 0 Å². The maximum atomic E-state index is 5.71. The van der Waals surface area contributed by atoms with Crippen LogP contribution in [0.1, 0.15) is 61.9 Å². The fraction of sp³-hybridized carbons (Fsp3) is 0.667. The van der Waals surface area contributed by atoms with Gasteiger partial charge in [-0.05, 0) is 33.6 Å². The molecule has 0 amide bonds. The van der Waals surface area contributed by atoms with Crippen molar-refractivity contribution in [2.75, 3.05) is 6.61 Å². The molecule has 0 bridgehead atoms. The average molecular weight is 233 g/mol. The van der Waals surface area contributed by atoms with E-state index in [1.54, 1.807) is 0 Å². The molecule has 1 heterocycles. The molecule has 0 aliphatic heterocycles. The van der Waals surface area contributed by atoms with Crippen LogP contribution >= 0.6 is 0 Å². The first-order chi connectivity index (χ1) is 8.22. The largest absolute Gasteiger partial charge is 0.493 e. The molecule has 17 heavy (non-hydrogen) atoms. The van der Waals surface area contributed by atoms with Crippen LogP contribution in [0.25, 0.3) is 0 Å². The Labute approximate surface area is 104 Å². The van der Waals surface area contributed by atoms with Crippen molar-refractivity contribution in [2.24, 2.45) is 0 Å². The first-order valence-electron chi connectivity index (χ1n) is 6.83. The van der Waals surface area contributed by atoms with Gasteiger partial charge in [0.05, 0.1) is 6.61 Å². The average Bonchev–Trinajstić information content (AvgIpc) is 2.36. The van der Waals surface area contributed by atoms with E-state index in [0.717, 1.165) is 18.1 Å². The molecule has 0 atom stereocenters. The van der Waals surface area contributed by atoms with Gasteiger partial charge >= 0.3 is 0 Å². The Balaban J connectivity index is 2.27. The van der Waals surface area contributed by atoms with Crippen LogP contribution in [0.15, 0.2) is 6.07 Å². The zero-order valence-corrected chi connectivity index (χ0v) is 11.3. The zero-order chi connectivity index (χ0) is 12.3. The van der Waals surface area contributed by atoms with Crippen LogP contribution in [-0.4, -0.2) is 11.6 Å². The van der Waals surface area contributed by atoms with Crippen LogP contribution in [0.3, 0.4) is 0 Å². The fourth-order valence-electron chi connectivity index (χ4n) is 2.64. The highest BCUT2D eigenvalue weighted by molar-refractivity contribution is 5.37. The Morgan fingerprint density at radius 2 is 1.94 bits per heavy atom. The molecule has 1 saturated carbocycles. The third-order valence-electron chi connectivity index (χ3n) is 3.81. The number of aromatic nitrogens is 1. The standard InChI is InChI=1S/C15H23NO/c1-4-17-15-10-14(16-12(3)11(15)2)13-8-6-5-7-9-13/h10,13H,4-9H2,1-3H3. The van der Waals surface area contributed by atoms with Crippen molar-refractivity contribution in [2.45, 2.75) is 58.8 Å². The van der Waals surface area contributed by atoms with E-state index in [0.29, 0.717) is 5.92 Å². The Bertz CT molecular complexity index is 381. The SMILES string of the molecule is CCOc1cc(C2CCCCC2)nc(C)c1C. The highest BCUT2D eigenvalue weighted by Gasteiger charge is 2.18. The second-order valence-corrected chi connectivity index (χ2v) is 5.02. The third kappa shape index (κ3) is 2.80. The summed E-state index contributed by atoms with van der Waals surface area (Å²) in [5, 5.41) is 0. The number of pyridine rings is 1. The quantitative estimate of drug-likeness (QED) is 0.782. The summed E-state index contributed by atoms with van der Waals surface area (Å²) in [6, 6.07) is 2.17. The maximum Gasteiger partial charge on any atom is 0.125 e. The lowest BCUT2D eigenvalue weighted by molar-refractivity contribution is 0.335. The molecule has 0 saturated heterocycles. The normalized spacial score (nSPS) is 17.1. The number of rotatable bonds is 3. The van der Waals surface area contributed by atoms with E-state index in [1.807, 2.05) is 6.92 Å². The molecule has 2 heteroatoms. The minimum atomic E-state index is 0.655. The smallest absolute Gasteiger partial charge is 0.125 e. The molecule has 0 radical (unpaired) electrons. The van der Waals surface area contributed by atoms with Crippen LogP contribution < -0.4 is 4.74 Å². The summed E-state index contributed by atoms with van der Waals surface area (Å²) in [5.74, 6) is 1.68. The summed E-state index contributed by atoms with van der Waals surface area (Å²) in [6.45, 7) is 6.95. The van der Waals surface area contributed by atoms with E-state index in [1.165, 1.54) is 43.4 Å². The van der Waals surface area contributed by atoms with Gasteiger partial charge in [0.25, 0.3) is 0 Å². The summed E-state index contributed by atoms with van der Waals surface area (Å²) >= 11 is 0. The fourth-order valence-corrected chi connectivity index (χ4v) is 2.64. The van der Waals surface area contributed by atoms with Gasteiger partial charge in [-0.3, -0.25) is 4.98 Å². The second kappa shape index (κ2) is 5.52. The monoisotopic (exact) mass is 233 g/mol. The predicted octanol–water partition coefficient (Wildman–Crippen LogP) is 4.14. The van der Waals surface area contributed by atoms with Crippen LogP contribution in [0.4, 0.5) is 0 Å². The molecule has 0 unspecified atom stereocenters. The van der Waals surface area contributed by atoms with Crippen LogP contribution in [-0.2, 0) is 0 Å². The van der Waals surface area contributed by atoms with E-state index in [-0.39, 0.29) is 0 Å². The number of aryl methyl sites for hydroxylation is 1. The first kappa shape index (κ1) is 12.4. The van der Waals surface area contributed by atoms with E-state index >= 15 is 0 Å². The molecular formula is C15H23NO. The molecule has 0 N–H and O–H groups in total. The van der Waals surface area contributed by atoms with E-state index in [2.05, 4.69) is 19.9 Å². The summed E-state index contributed by atoms with van der Waals surface area (Å²) < 4.78 is 5.71. The molecule has 94 valence electrons.